The summed E-state index contributed by atoms with van der Waals surface area (Å²) in [5.74, 6) is 1.69. The third-order valence-corrected chi connectivity index (χ3v) is 17.1. The van der Waals surface area contributed by atoms with Gasteiger partial charge < -0.3 is 18.4 Å². The van der Waals surface area contributed by atoms with Crippen molar-refractivity contribution in [1.29, 1.82) is 0 Å². The van der Waals surface area contributed by atoms with Crippen molar-refractivity contribution in [1.82, 2.24) is 13.7 Å². The molecule has 0 radical (unpaired) electrons. The number of rotatable bonds is 8. The molecule has 16 aromatic rings. The van der Waals surface area contributed by atoms with Crippen LogP contribution in [0.3, 0.4) is 0 Å². The molecule has 0 N–H and O–H groups in total. The van der Waals surface area contributed by atoms with Crippen molar-refractivity contribution < 1.29 is 4.74 Å². The molecule has 0 spiro atoms. The van der Waals surface area contributed by atoms with Gasteiger partial charge in [-0.25, -0.2) is 0 Å². The number of benzene rings is 13. The summed E-state index contributed by atoms with van der Waals surface area (Å²) in [5, 5.41) is 7.28. The second kappa shape index (κ2) is 18.3. The van der Waals surface area contributed by atoms with Crippen molar-refractivity contribution in [3.63, 3.8) is 0 Å². The van der Waals surface area contributed by atoms with Crippen molar-refractivity contribution in [3.05, 3.63) is 297 Å². The van der Waals surface area contributed by atoms with Gasteiger partial charge in [0.15, 0.2) is 11.5 Å². The lowest BCUT2D eigenvalue weighted by atomic mass is 9.99. The molecule has 13 aromatic carbocycles. The minimum Gasteiger partial charge on any atom is -0.452 e. The number of aromatic nitrogens is 3. The molecule has 0 atom stereocenters. The Morgan fingerprint density at radius 1 is 0.232 bits per heavy atom. The molecule has 382 valence electrons. The Morgan fingerprint density at radius 2 is 0.610 bits per heavy atom. The average molecular weight is 1040 g/mol. The fourth-order valence-corrected chi connectivity index (χ4v) is 13.2. The number of ether oxygens (including phenoxy) is 1. The van der Waals surface area contributed by atoms with Crippen LogP contribution in [0.4, 0.5) is 0 Å². The SMILES string of the molecule is c1ccc(-c2ccc3c(c2)c2cc(-c4ccccc4)ccc2n3-c2ccc(-c3cccc4c3Oc3cccc5c6c(-c7ccc(-n8c9ccc(-c%10ccccc%10)cc9c9cc(-c%10ccccc%10)ccc98)cc7)cccc6n-4c35)cc2)cc1. The first-order chi connectivity index (χ1) is 40.7. The molecule has 0 fully saturated rings. The lowest BCUT2D eigenvalue weighted by Crippen LogP contribution is -2.05. The highest BCUT2D eigenvalue weighted by Gasteiger charge is 2.28. The predicted octanol–water partition coefficient (Wildman–Crippen LogP) is 21.1. The highest BCUT2D eigenvalue weighted by molar-refractivity contribution is 6.18. The first kappa shape index (κ1) is 46.0. The van der Waals surface area contributed by atoms with Gasteiger partial charge in [-0.05, 0) is 152 Å². The molecule has 0 saturated carbocycles. The molecule has 0 aliphatic carbocycles. The maximum Gasteiger partial charge on any atom is 0.159 e. The highest BCUT2D eigenvalue weighted by atomic mass is 16.5. The molecule has 1 aliphatic rings. The quantitative estimate of drug-likeness (QED) is 0.149. The summed E-state index contributed by atoms with van der Waals surface area (Å²) in [6, 6.07) is 108. The van der Waals surface area contributed by atoms with E-state index in [-0.39, 0.29) is 0 Å². The van der Waals surface area contributed by atoms with Gasteiger partial charge in [0.2, 0.25) is 0 Å². The Bertz CT molecular complexity index is 5000. The van der Waals surface area contributed by atoms with Gasteiger partial charge in [-0.2, -0.15) is 0 Å². The molecular weight excluding hydrogens is 995 g/mol. The van der Waals surface area contributed by atoms with Crippen LogP contribution in [0.5, 0.6) is 11.5 Å². The summed E-state index contributed by atoms with van der Waals surface area (Å²) in [5.41, 5.74) is 24.3. The molecule has 1 aliphatic heterocycles. The Kier molecular flexibility index (Phi) is 10.3. The molecule has 17 rings (SSSR count). The fourth-order valence-electron chi connectivity index (χ4n) is 13.2. The lowest BCUT2D eigenvalue weighted by Gasteiger charge is -2.23. The van der Waals surface area contributed by atoms with Gasteiger partial charge in [0.05, 0.1) is 38.8 Å². The van der Waals surface area contributed by atoms with Crippen LogP contribution in [0.25, 0.3) is 149 Å². The van der Waals surface area contributed by atoms with E-state index in [0.29, 0.717) is 0 Å². The van der Waals surface area contributed by atoms with E-state index < -0.39 is 0 Å². The van der Waals surface area contributed by atoms with Gasteiger partial charge in [-0.3, -0.25) is 0 Å². The maximum absolute atomic E-state index is 7.09. The summed E-state index contributed by atoms with van der Waals surface area (Å²) < 4.78 is 14.3. The molecule has 4 heteroatoms. The first-order valence-electron chi connectivity index (χ1n) is 28.1. The summed E-state index contributed by atoms with van der Waals surface area (Å²) in [7, 11) is 0. The molecule has 0 bridgehead atoms. The van der Waals surface area contributed by atoms with Crippen molar-refractivity contribution in [2.24, 2.45) is 0 Å². The van der Waals surface area contributed by atoms with Crippen LogP contribution in [0.1, 0.15) is 0 Å². The Morgan fingerprint density at radius 3 is 1.05 bits per heavy atom. The normalized spacial score (nSPS) is 12.0. The number of hydrogen-bond acceptors (Lipinski definition) is 1. The Balaban J connectivity index is 0.751. The molecule has 3 aromatic heterocycles. The summed E-state index contributed by atoms with van der Waals surface area (Å²) >= 11 is 0. The van der Waals surface area contributed by atoms with Gasteiger partial charge >= 0.3 is 0 Å². The minimum atomic E-state index is 0.846. The Labute approximate surface area is 473 Å². The fraction of sp³-hybridized carbons (Fsp3) is 0. The van der Waals surface area contributed by atoms with Crippen LogP contribution >= 0.6 is 0 Å². The number of para-hydroxylation sites is 2. The molecule has 0 amide bonds. The van der Waals surface area contributed by atoms with Crippen molar-refractivity contribution in [2.45, 2.75) is 0 Å². The van der Waals surface area contributed by atoms with Crippen LogP contribution in [0.15, 0.2) is 297 Å². The molecule has 82 heavy (non-hydrogen) atoms. The summed E-state index contributed by atoms with van der Waals surface area (Å²) in [4.78, 5) is 0. The van der Waals surface area contributed by atoms with Gasteiger partial charge in [0, 0.05) is 49.3 Å². The van der Waals surface area contributed by atoms with E-state index in [2.05, 4.69) is 311 Å². The van der Waals surface area contributed by atoms with Gasteiger partial charge in [-0.1, -0.05) is 206 Å². The highest BCUT2D eigenvalue weighted by Crippen LogP contribution is 2.51. The summed E-state index contributed by atoms with van der Waals surface area (Å²) in [6.07, 6.45) is 0. The van der Waals surface area contributed by atoms with Gasteiger partial charge in [0.1, 0.15) is 0 Å². The summed E-state index contributed by atoms with van der Waals surface area (Å²) in [6.45, 7) is 0. The van der Waals surface area contributed by atoms with Crippen LogP contribution in [0.2, 0.25) is 0 Å². The zero-order chi connectivity index (χ0) is 53.8. The third-order valence-electron chi connectivity index (χ3n) is 17.1. The van der Waals surface area contributed by atoms with E-state index in [1.807, 2.05) is 0 Å². The number of nitrogens with zero attached hydrogens (tertiary/aromatic N) is 3. The molecule has 0 saturated heterocycles. The predicted molar refractivity (Wildman–Crippen MR) is 342 cm³/mol. The van der Waals surface area contributed by atoms with E-state index in [1.54, 1.807) is 0 Å². The standard InChI is InChI=1S/C78H49N3O/c1-5-16-50(17-6-1)56-34-42-69-65(46-56)66-47-57(51-18-7-2-8-19-51)35-43-70(66)79(69)60-38-30-54(31-39-60)62-24-13-27-73-76(62)64-26-15-29-75-77(64)81(73)74-28-14-25-63(78(74)82-75)55-32-40-61(41-33-55)80-71-44-36-58(52-20-9-3-10-21-52)48-67(71)68-49-59(37-45-72(68)80)53-22-11-4-12-23-53/h1-49H. The largest absolute Gasteiger partial charge is 0.452 e. The van der Waals surface area contributed by atoms with E-state index in [4.69, 9.17) is 4.74 Å². The zero-order valence-corrected chi connectivity index (χ0v) is 44.5. The second-order valence-electron chi connectivity index (χ2n) is 21.6. The van der Waals surface area contributed by atoms with Gasteiger partial charge in [-0.15, -0.1) is 0 Å². The van der Waals surface area contributed by atoms with Crippen LogP contribution in [-0.4, -0.2) is 13.7 Å². The van der Waals surface area contributed by atoms with E-state index in [1.165, 1.54) is 99.1 Å². The van der Waals surface area contributed by atoms with E-state index in [0.717, 1.165) is 61.7 Å². The van der Waals surface area contributed by atoms with Crippen molar-refractivity contribution in [2.75, 3.05) is 0 Å². The monoisotopic (exact) mass is 1040 g/mol. The lowest BCUT2D eigenvalue weighted by molar-refractivity contribution is 0.478. The average Bonchev–Trinajstić information content (AvgIpc) is 2.90. The Hall–Kier alpha value is -10.9. The van der Waals surface area contributed by atoms with Crippen molar-refractivity contribution >= 4 is 65.4 Å². The van der Waals surface area contributed by atoms with E-state index in [9.17, 15) is 0 Å². The minimum absolute atomic E-state index is 0.846. The van der Waals surface area contributed by atoms with Crippen LogP contribution in [0, 0.1) is 0 Å². The van der Waals surface area contributed by atoms with Crippen LogP contribution < -0.4 is 4.74 Å². The first-order valence-corrected chi connectivity index (χ1v) is 28.1. The third kappa shape index (κ3) is 7.18. The molecule has 4 nitrogen and oxygen atoms in total. The number of fused-ring (bicyclic) bond motifs is 11. The molecule has 4 heterocycles. The molecular formula is C78H49N3O. The van der Waals surface area contributed by atoms with Crippen LogP contribution in [-0.2, 0) is 0 Å². The topological polar surface area (TPSA) is 24.0 Å². The smallest absolute Gasteiger partial charge is 0.159 e. The van der Waals surface area contributed by atoms with E-state index >= 15 is 0 Å². The zero-order valence-electron chi connectivity index (χ0n) is 44.5. The van der Waals surface area contributed by atoms with Gasteiger partial charge in [0.25, 0.3) is 0 Å². The molecule has 0 unspecified atom stereocenters. The number of hydrogen-bond donors (Lipinski definition) is 0. The second-order valence-corrected chi connectivity index (χ2v) is 21.6. The van der Waals surface area contributed by atoms with Crippen molar-refractivity contribution in [3.8, 4) is 95.3 Å². The maximum atomic E-state index is 7.09.